The van der Waals surface area contributed by atoms with E-state index in [0.717, 1.165) is 23.4 Å². The van der Waals surface area contributed by atoms with Crippen LogP contribution in [0.3, 0.4) is 0 Å². The van der Waals surface area contributed by atoms with Crippen LogP contribution in [-0.2, 0) is 18.4 Å². The SMILES string of the molecule is Cn1cncc1C(OCc1ccc(C#N)cc1-c1ccc(F)c(F)c1)c1ccc(C#N)cc1. The fourth-order valence-corrected chi connectivity index (χ4v) is 3.58. The van der Waals surface area contributed by atoms with Crippen LogP contribution in [0.4, 0.5) is 8.78 Å². The lowest BCUT2D eigenvalue weighted by molar-refractivity contribution is 0.0624. The Balaban J connectivity index is 1.71. The highest BCUT2D eigenvalue weighted by Gasteiger charge is 2.20. The molecule has 162 valence electrons. The lowest BCUT2D eigenvalue weighted by Gasteiger charge is -2.20. The van der Waals surface area contributed by atoms with Gasteiger partial charge in [-0.25, -0.2) is 13.8 Å². The lowest BCUT2D eigenvalue weighted by Crippen LogP contribution is -2.11. The maximum Gasteiger partial charge on any atom is 0.159 e. The Morgan fingerprint density at radius 3 is 2.30 bits per heavy atom. The van der Waals surface area contributed by atoms with Crippen molar-refractivity contribution in [2.45, 2.75) is 12.7 Å². The number of ether oxygens (including phenoxy) is 1. The monoisotopic (exact) mass is 440 g/mol. The zero-order valence-corrected chi connectivity index (χ0v) is 17.7. The molecule has 0 N–H and O–H groups in total. The van der Waals surface area contributed by atoms with Gasteiger partial charge in [0.2, 0.25) is 0 Å². The first-order valence-electron chi connectivity index (χ1n) is 10.1. The summed E-state index contributed by atoms with van der Waals surface area (Å²) in [6.07, 6.45) is 2.89. The molecule has 4 rings (SSSR count). The Bertz CT molecular complexity index is 1380. The van der Waals surface area contributed by atoms with Crippen molar-refractivity contribution >= 4 is 0 Å². The predicted molar refractivity (Wildman–Crippen MR) is 118 cm³/mol. The van der Waals surface area contributed by atoms with E-state index in [9.17, 15) is 14.0 Å². The molecule has 1 heterocycles. The van der Waals surface area contributed by atoms with E-state index in [0.29, 0.717) is 27.8 Å². The van der Waals surface area contributed by atoms with Crippen LogP contribution in [0, 0.1) is 34.3 Å². The van der Waals surface area contributed by atoms with E-state index < -0.39 is 17.7 Å². The average Bonchev–Trinajstić information content (AvgIpc) is 3.27. The molecule has 1 unspecified atom stereocenters. The Morgan fingerprint density at radius 2 is 1.67 bits per heavy atom. The maximum absolute atomic E-state index is 13.9. The first kappa shape index (κ1) is 21.9. The summed E-state index contributed by atoms with van der Waals surface area (Å²) >= 11 is 0. The number of nitrogens with zero attached hydrogens (tertiary/aromatic N) is 4. The molecule has 33 heavy (non-hydrogen) atoms. The van der Waals surface area contributed by atoms with Gasteiger partial charge in [0.1, 0.15) is 6.10 Å². The van der Waals surface area contributed by atoms with Gasteiger partial charge in [-0.15, -0.1) is 0 Å². The van der Waals surface area contributed by atoms with Crippen LogP contribution in [0.1, 0.15) is 34.1 Å². The molecule has 3 aromatic carbocycles. The third-order valence-electron chi connectivity index (χ3n) is 5.34. The Kier molecular flexibility index (Phi) is 6.26. The minimum atomic E-state index is -0.966. The molecule has 0 saturated carbocycles. The van der Waals surface area contributed by atoms with E-state index in [4.69, 9.17) is 10.00 Å². The largest absolute Gasteiger partial charge is 0.362 e. The van der Waals surface area contributed by atoms with E-state index in [2.05, 4.69) is 17.1 Å². The molecule has 0 aliphatic rings. The van der Waals surface area contributed by atoms with Gasteiger partial charge >= 0.3 is 0 Å². The van der Waals surface area contributed by atoms with Crippen LogP contribution in [0.2, 0.25) is 0 Å². The number of hydrogen-bond acceptors (Lipinski definition) is 4. The number of imidazole rings is 1. The molecule has 0 radical (unpaired) electrons. The van der Waals surface area contributed by atoms with Gasteiger partial charge in [-0.05, 0) is 58.7 Å². The van der Waals surface area contributed by atoms with Gasteiger partial charge in [-0.2, -0.15) is 10.5 Å². The highest BCUT2D eigenvalue weighted by molar-refractivity contribution is 5.69. The molecule has 0 spiro atoms. The molecule has 5 nitrogen and oxygen atoms in total. The molecule has 4 aromatic rings. The van der Waals surface area contributed by atoms with Gasteiger partial charge in [-0.3, -0.25) is 0 Å². The second-order valence-electron chi connectivity index (χ2n) is 7.47. The number of aromatic nitrogens is 2. The summed E-state index contributed by atoms with van der Waals surface area (Å²) in [4.78, 5) is 4.18. The van der Waals surface area contributed by atoms with Crippen molar-refractivity contribution in [2.24, 2.45) is 7.05 Å². The summed E-state index contributed by atoms with van der Waals surface area (Å²) in [5.41, 5.74) is 4.31. The Labute approximate surface area is 189 Å². The van der Waals surface area contributed by atoms with Crippen molar-refractivity contribution in [1.82, 2.24) is 9.55 Å². The minimum Gasteiger partial charge on any atom is -0.362 e. The minimum absolute atomic E-state index is 0.135. The number of nitriles is 2. The number of aryl methyl sites for hydroxylation is 1. The van der Waals surface area contributed by atoms with Gasteiger partial charge in [0, 0.05) is 7.05 Å². The molecule has 1 aromatic heterocycles. The molecule has 1 atom stereocenters. The van der Waals surface area contributed by atoms with Crippen LogP contribution in [0.25, 0.3) is 11.1 Å². The third-order valence-corrected chi connectivity index (χ3v) is 5.34. The second kappa shape index (κ2) is 9.44. The van der Waals surface area contributed by atoms with E-state index >= 15 is 0 Å². The summed E-state index contributed by atoms with van der Waals surface area (Å²) in [5, 5.41) is 18.4. The molecule has 0 fully saturated rings. The van der Waals surface area contributed by atoms with Crippen molar-refractivity contribution in [3.63, 3.8) is 0 Å². The molecule has 0 saturated heterocycles. The smallest absolute Gasteiger partial charge is 0.159 e. The molecule has 0 aliphatic carbocycles. The van der Waals surface area contributed by atoms with Crippen molar-refractivity contribution in [3.05, 3.63) is 113 Å². The van der Waals surface area contributed by atoms with Gasteiger partial charge in [0.05, 0.1) is 48.1 Å². The second-order valence-corrected chi connectivity index (χ2v) is 7.47. The average molecular weight is 440 g/mol. The molecular formula is C26H18F2N4O. The lowest BCUT2D eigenvalue weighted by atomic mass is 9.97. The summed E-state index contributed by atoms with van der Waals surface area (Å²) in [6, 6.07) is 19.9. The van der Waals surface area contributed by atoms with E-state index in [1.54, 1.807) is 42.9 Å². The first-order chi connectivity index (χ1) is 16.0. The highest BCUT2D eigenvalue weighted by Crippen LogP contribution is 2.31. The fourth-order valence-electron chi connectivity index (χ4n) is 3.58. The summed E-state index contributed by atoms with van der Waals surface area (Å²) in [7, 11) is 1.86. The maximum atomic E-state index is 13.9. The molecular weight excluding hydrogens is 422 g/mol. The van der Waals surface area contributed by atoms with Crippen LogP contribution in [0.15, 0.2) is 73.2 Å². The van der Waals surface area contributed by atoms with Gasteiger partial charge in [-0.1, -0.05) is 24.3 Å². The van der Waals surface area contributed by atoms with Gasteiger partial charge < -0.3 is 9.30 Å². The van der Waals surface area contributed by atoms with Crippen LogP contribution < -0.4 is 0 Å². The number of benzene rings is 3. The fraction of sp³-hybridized carbons (Fsp3) is 0.115. The third kappa shape index (κ3) is 4.64. The van der Waals surface area contributed by atoms with Crippen LogP contribution >= 0.6 is 0 Å². The summed E-state index contributed by atoms with van der Waals surface area (Å²) in [6.45, 7) is 0.135. The molecule has 0 amide bonds. The quantitative estimate of drug-likeness (QED) is 0.402. The van der Waals surface area contributed by atoms with E-state index in [1.807, 2.05) is 23.7 Å². The van der Waals surface area contributed by atoms with Crippen LogP contribution in [-0.4, -0.2) is 9.55 Å². The molecule has 7 heteroatoms. The summed E-state index contributed by atoms with van der Waals surface area (Å²) in [5.74, 6) is -1.91. The Morgan fingerprint density at radius 1 is 0.939 bits per heavy atom. The van der Waals surface area contributed by atoms with E-state index in [1.165, 1.54) is 6.07 Å². The van der Waals surface area contributed by atoms with Crippen molar-refractivity contribution in [1.29, 1.82) is 10.5 Å². The van der Waals surface area contributed by atoms with Gasteiger partial charge in [0.15, 0.2) is 11.6 Å². The topological polar surface area (TPSA) is 74.6 Å². The summed E-state index contributed by atoms with van der Waals surface area (Å²) < 4.78 is 35.5. The molecule has 0 aliphatic heterocycles. The number of halogens is 2. The number of rotatable bonds is 6. The zero-order chi connectivity index (χ0) is 23.4. The molecule has 0 bridgehead atoms. The van der Waals surface area contributed by atoms with Crippen LogP contribution in [0.5, 0.6) is 0 Å². The zero-order valence-electron chi connectivity index (χ0n) is 17.7. The van der Waals surface area contributed by atoms with E-state index in [-0.39, 0.29) is 6.61 Å². The highest BCUT2D eigenvalue weighted by atomic mass is 19.2. The standard InChI is InChI=1S/C26H18F2N4O/c1-32-16-31-14-25(32)26(19-5-2-17(12-29)3-6-19)33-15-21-7-4-18(13-30)10-22(21)20-8-9-23(27)24(28)11-20/h2-11,14,16,26H,15H2,1H3. The number of hydrogen-bond donors (Lipinski definition) is 0. The van der Waals surface area contributed by atoms with Crippen molar-refractivity contribution in [3.8, 4) is 23.3 Å². The van der Waals surface area contributed by atoms with Crippen molar-refractivity contribution < 1.29 is 13.5 Å². The predicted octanol–water partition coefficient (Wildman–Crippen LogP) is 5.41. The van der Waals surface area contributed by atoms with Crippen molar-refractivity contribution in [2.75, 3.05) is 0 Å². The van der Waals surface area contributed by atoms with Gasteiger partial charge in [0.25, 0.3) is 0 Å². The first-order valence-corrected chi connectivity index (χ1v) is 10.1. The normalized spacial score (nSPS) is 11.5. The Hall–Kier alpha value is -4.33.